The molecule has 0 amide bonds. The van der Waals surface area contributed by atoms with Gasteiger partial charge in [0.25, 0.3) is 0 Å². The Kier molecular flexibility index (Phi) is 10.6. The van der Waals surface area contributed by atoms with Crippen LogP contribution in [0.15, 0.2) is 64.9 Å². The number of aliphatic hydroxyl groups excluding tert-OH is 1. The topological polar surface area (TPSA) is 63.3 Å². The number of aryl methyl sites for hydroxylation is 2. The van der Waals surface area contributed by atoms with Crippen LogP contribution in [0.4, 0.5) is 0 Å². The van der Waals surface area contributed by atoms with E-state index in [1.807, 2.05) is 12.3 Å². The SMILES string of the molecule is CC(=O)/C=C(/C)O.Cc1[c-]c(-c2cc3oc(-c4c(C(C)C)cccc4C(C)C)cc3cn2)cc(C)c1.[Ir]. The van der Waals surface area contributed by atoms with Crippen molar-refractivity contribution in [2.45, 2.75) is 67.2 Å². The Labute approximate surface area is 234 Å². The van der Waals surface area contributed by atoms with Crippen LogP contribution in [0, 0.1) is 19.9 Å². The Morgan fingerprint density at radius 1 is 1.00 bits per heavy atom. The fourth-order valence-electron chi connectivity index (χ4n) is 4.37. The number of ketones is 1. The van der Waals surface area contributed by atoms with Crippen LogP contribution in [0.25, 0.3) is 33.6 Å². The molecule has 0 unspecified atom stereocenters. The number of pyridine rings is 1. The third-order valence-electron chi connectivity index (χ3n) is 5.86. The van der Waals surface area contributed by atoms with E-state index in [1.165, 1.54) is 42.2 Å². The molecular formula is C32H36IrNO3-. The van der Waals surface area contributed by atoms with Gasteiger partial charge in [0.15, 0.2) is 5.78 Å². The Morgan fingerprint density at radius 3 is 2.11 bits per heavy atom. The number of nitrogens with zero attached hydrogens (tertiary/aromatic N) is 1. The quantitative estimate of drug-likeness (QED) is 0.131. The van der Waals surface area contributed by atoms with E-state index in [0.29, 0.717) is 11.8 Å². The van der Waals surface area contributed by atoms with Crippen LogP contribution in [-0.4, -0.2) is 15.9 Å². The standard InChI is InChI=1S/C27H28NO.C5H8O2.Ir/c1-16(2)22-8-7-9-23(17(3)4)27(22)26-13-21-15-28-24(14-25(21)29-26)20-11-18(5)10-19(6)12-20;1-4(6)3-5(2)7;/h7-11,13-17H,1-6H3;3,6H,1-2H3;/q-1;;/b;4-3-;. The van der Waals surface area contributed by atoms with E-state index in [-0.39, 0.29) is 31.6 Å². The summed E-state index contributed by atoms with van der Waals surface area (Å²) >= 11 is 0. The Morgan fingerprint density at radius 2 is 1.62 bits per heavy atom. The Balaban J connectivity index is 0.000000532. The van der Waals surface area contributed by atoms with E-state index in [2.05, 4.69) is 84.0 Å². The molecule has 0 atom stereocenters. The monoisotopic (exact) mass is 675 g/mol. The minimum Gasteiger partial charge on any atom is -0.512 e. The first-order chi connectivity index (χ1) is 17.0. The number of furan rings is 1. The zero-order chi connectivity index (χ0) is 26.6. The summed E-state index contributed by atoms with van der Waals surface area (Å²) < 4.78 is 6.40. The van der Waals surface area contributed by atoms with Gasteiger partial charge in [-0.1, -0.05) is 59.7 Å². The summed E-state index contributed by atoms with van der Waals surface area (Å²) in [5, 5.41) is 9.39. The number of hydrogen-bond acceptors (Lipinski definition) is 4. The molecule has 1 radical (unpaired) electrons. The van der Waals surface area contributed by atoms with Gasteiger partial charge in [-0.3, -0.25) is 4.79 Å². The van der Waals surface area contributed by atoms with Crippen LogP contribution >= 0.6 is 0 Å². The van der Waals surface area contributed by atoms with Gasteiger partial charge >= 0.3 is 0 Å². The van der Waals surface area contributed by atoms with E-state index in [4.69, 9.17) is 14.5 Å². The molecule has 4 aromatic rings. The molecule has 5 heteroatoms. The third-order valence-corrected chi connectivity index (χ3v) is 5.86. The maximum atomic E-state index is 10.0. The minimum absolute atomic E-state index is 0. The number of fused-ring (bicyclic) bond motifs is 1. The van der Waals surface area contributed by atoms with Crippen molar-refractivity contribution in [1.82, 2.24) is 4.98 Å². The smallest absolute Gasteiger partial charge is 0.155 e. The van der Waals surface area contributed by atoms with Crippen molar-refractivity contribution in [2.24, 2.45) is 0 Å². The van der Waals surface area contributed by atoms with Gasteiger partial charge in [-0.05, 0) is 54.6 Å². The average Bonchev–Trinajstić information content (AvgIpc) is 3.20. The van der Waals surface area contributed by atoms with E-state index in [9.17, 15) is 4.79 Å². The molecule has 0 saturated carbocycles. The van der Waals surface area contributed by atoms with Gasteiger partial charge in [-0.2, -0.15) is 0 Å². The molecule has 37 heavy (non-hydrogen) atoms. The first-order valence-electron chi connectivity index (χ1n) is 12.4. The summed E-state index contributed by atoms with van der Waals surface area (Å²) in [4.78, 5) is 14.7. The van der Waals surface area contributed by atoms with Crippen molar-refractivity contribution >= 4 is 16.8 Å². The zero-order valence-electron chi connectivity index (χ0n) is 22.9. The number of benzene rings is 2. The van der Waals surface area contributed by atoms with Gasteiger partial charge in [-0.25, -0.2) is 0 Å². The first kappa shape index (κ1) is 30.2. The van der Waals surface area contributed by atoms with Crippen molar-refractivity contribution in [3.8, 4) is 22.6 Å². The average molecular weight is 675 g/mol. The van der Waals surface area contributed by atoms with Crippen LogP contribution in [0.2, 0.25) is 0 Å². The molecule has 2 aromatic heterocycles. The second kappa shape index (κ2) is 13.0. The van der Waals surface area contributed by atoms with Gasteiger partial charge in [0.05, 0.1) is 5.76 Å². The Bertz CT molecular complexity index is 1360. The summed E-state index contributed by atoms with van der Waals surface area (Å²) in [6.07, 6.45) is 3.08. The number of carbonyl (C=O) groups excluding carboxylic acids is 1. The van der Waals surface area contributed by atoms with Crippen molar-refractivity contribution in [3.05, 3.63) is 88.8 Å². The summed E-state index contributed by atoms with van der Waals surface area (Å²) in [5.41, 5.74) is 8.98. The molecule has 0 saturated heterocycles. The Hall–Kier alpha value is -3.01. The second-order valence-corrected chi connectivity index (χ2v) is 9.99. The van der Waals surface area contributed by atoms with E-state index >= 15 is 0 Å². The summed E-state index contributed by atoms with van der Waals surface area (Å²) in [6.45, 7) is 16.0. The van der Waals surface area contributed by atoms with Crippen LogP contribution in [0.5, 0.6) is 0 Å². The molecule has 0 fully saturated rings. The summed E-state index contributed by atoms with van der Waals surface area (Å²) in [6, 6.07) is 18.4. The molecule has 197 valence electrons. The molecular weight excluding hydrogens is 639 g/mol. The maximum Gasteiger partial charge on any atom is 0.155 e. The molecule has 2 heterocycles. The molecule has 0 aliphatic carbocycles. The number of aliphatic hydroxyl groups is 1. The molecule has 0 spiro atoms. The molecule has 1 N–H and O–H groups in total. The van der Waals surface area contributed by atoms with Gasteiger partial charge in [-0.15, -0.1) is 34.9 Å². The number of allylic oxidation sites excluding steroid dienone is 2. The predicted octanol–water partition coefficient (Wildman–Crippen LogP) is 8.86. The molecule has 0 aliphatic rings. The molecule has 2 aromatic carbocycles. The summed E-state index contributed by atoms with van der Waals surface area (Å²) in [5.74, 6) is 1.72. The van der Waals surface area contributed by atoms with Crippen LogP contribution < -0.4 is 0 Å². The van der Waals surface area contributed by atoms with Crippen LogP contribution in [0.1, 0.15) is 75.6 Å². The van der Waals surface area contributed by atoms with Gasteiger partial charge in [0, 0.05) is 43.3 Å². The number of aromatic nitrogens is 1. The summed E-state index contributed by atoms with van der Waals surface area (Å²) in [7, 11) is 0. The minimum atomic E-state index is -0.125. The normalized spacial score (nSPS) is 11.4. The maximum absolute atomic E-state index is 10.0. The molecule has 4 rings (SSSR count). The van der Waals surface area contributed by atoms with E-state index in [1.54, 1.807) is 0 Å². The second-order valence-electron chi connectivity index (χ2n) is 9.99. The van der Waals surface area contributed by atoms with E-state index in [0.717, 1.165) is 33.6 Å². The number of rotatable bonds is 5. The fourth-order valence-corrected chi connectivity index (χ4v) is 4.37. The van der Waals surface area contributed by atoms with Crippen molar-refractivity contribution < 1.29 is 34.4 Å². The molecule has 0 bridgehead atoms. The fraction of sp³-hybridized carbons (Fsp3) is 0.312. The van der Waals surface area contributed by atoms with Crippen molar-refractivity contribution in [2.75, 3.05) is 0 Å². The number of hydrogen-bond donors (Lipinski definition) is 1. The predicted molar refractivity (Wildman–Crippen MR) is 148 cm³/mol. The van der Waals surface area contributed by atoms with Crippen LogP contribution in [0.3, 0.4) is 0 Å². The van der Waals surface area contributed by atoms with E-state index < -0.39 is 0 Å². The van der Waals surface area contributed by atoms with Gasteiger partial charge < -0.3 is 14.5 Å². The van der Waals surface area contributed by atoms with Crippen molar-refractivity contribution in [1.29, 1.82) is 0 Å². The first-order valence-corrected chi connectivity index (χ1v) is 12.4. The van der Waals surface area contributed by atoms with Crippen LogP contribution in [-0.2, 0) is 24.9 Å². The zero-order valence-corrected chi connectivity index (χ0v) is 25.3. The molecule has 4 nitrogen and oxygen atoms in total. The van der Waals surface area contributed by atoms with Crippen molar-refractivity contribution in [3.63, 3.8) is 0 Å². The molecule has 0 aliphatic heterocycles. The third kappa shape index (κ3) is 7.74. The van der Waals surface area contributed by atoms with Gasteiger partial charge in [0.1, 0.15) is 11.3 Å². The number of carbonyl (C=O) groups is 1. The van der Waals surface area contributed by atoms with Gasteiger partial charge in [0.2, 0.25) is 0 Å². The largest absolute Gasteiger partial charge is 0.512 e.